The first-order valence-corrected chi connectivity index (χ1v) is 6.47. The largest absolute Gasteiger partial charge is 0.388 e. The minimum atomic E-state index is -0.118. The van der Waals surface area contributed by atoms with Crippen LogP contribution in [0.1, 0.15) is 24.3 Å². The maximum Gasteiger partial charge on any atom is 0.197 e. The third-order valence-electron chi connectivity index (χ3n) is 2.49. The van der Waals surface area contributed by atoms with Gasteiger partial charge in [-0.15, -0.1) is 10.2 Å². The second kappa shape index (κ2) is 5.45. The van der Waals surface area contributed by atoms with Crippen molar-refractivity contribution in [3.63, 3.8) is 0 Å². The van der Waals surface area contributed by atoms with Gasteiger partial charge < -0.3 is 9.67 Å². The van der Waals surface area contributed by atoms with Gasteiger partial charge in [-0.05, 0) is 31.2 Å². The van der Waals surface area contributed by atoms with Gasteiger partial charge in [0.2, 0.25) is 0 Å². The van der Waals surface area contributed by atoms with Crippen LogP contribution in [0.3, 0.4) is 0 Å². The molecule has 0 bridgehead atoms. The number of rotatable bonds is 4. The normalized spacial score (nSPS) is 10.9. The molecule has 18 heavy (non-hydrogen) atoms. The lowest BCUT2D eigenvalue weighted by atomic mass is 10.3. The maximum atomic E-state index is 9.07. The van der Waals surface area contributed by atoms with E-state index in [4.69, 9.17) is 5.11 Å². The van der Waals surface area contributed by atoms with Crippen molar-refractivity contribution in [2.24, 2.45) is 7.05 Å². The monoisotopic (exact) mass is 265 g/mol. The lowest BCUT2D eigenvalue weighted by Crippen LogP contribution is -1.99. The molecule has 0 aliphatic carbocycles. The van der Waals surface area contributed by atoms with Crippen LogP contribution in [0.25, 0.3) is 0 Å². The smallest absolute Gasteiger partial charge is 0.197 e. The molecule has 96 valence electrons. The van der Waals surface area contributed by atoms with Crippen molar-refractivity contribution < 1.29 is 5.11 Å². The number of nitrogens with zero attached hydrogens (tertiary/aromatic N) is 5. The molecule has 6 nitrogen and oxygen atoms in total. The first-order chi connectivity index (χ1) is 8.63. The lowest BCUT2D eigenvalue weighted by molar-refractivity contribution is 0.266. The van der Waals surface area contributed by atoms with Gasteiger partial charge in [-0.3, -0.25) is 0 Å². The van der Waals surface area contributed by atoms with Gasteiger partial charge in [0.15, 0.2) is 11.0 Å². The number of aromatic nitrogens is 5. The molecule has 0 spiro atoms. The lowest BCUT2D eigenvalue weighted by Gasteiger charge is -2.04. The molecule has 2 heterocycles. The summed E-state index contributed by atoms with van der Waals surface area (Å²) in [6.45, 7) is 3.81. The standard InChI is InChI=1S/C11H15N5OS/c1-4-8-5-10(13-7(2)12-8)18-11-15-14-9(6-17)16(11)3/h5,17H,4,6H2,1-3H3. The molecule has 0 saturated heterocycles. The second-order valence-corrected chi connectivity index (χ2v) is 4.80. The summed E-state index contributed by atoms with van der Waals surface area (Å²) in [5.74, 6) is 1.29. The summed E-state index contributed by atoms with van der Waals surface area (Å²) in [6, 6.07) is 1.95. The fourth-order valence-corrected chi connectivity index (χ4v) is 2.38. The molecular weight excluding hydrogens is 250 g/mol. The van der Waals surface area contributed by atoms with Crippen molar-refractivity contribution in [3.05, 3.63) is 23.4 Å². The quantitative estimate of drug-likeness (QED) is 0.835. The Balaban J connectivity index is 2.27. The van der Waals surface area contributed by atoms with E-state index in [1.165, 1.54) is 11.8 Å². The predicted octanol–water partition coefficient (Wildman–Crippen LogP) is 1.12. The molecule has 0 radical (unpaired) electrons. The Morgan fingerprint density at radius 2 is 2.11 bits per heavy atom. The predicted molar refractivity (Wildman–Crippen MR) is 67.2 cm³/mol. The fourth-order valence-electron chi connectivity index (χ4n) is 1.50. The van der Waals surface area contributed by atoms with Crippen molar-refractivity contribution in [1.29, 1.82) is 0 Å². The van der Waals surface area contributed by atoms with Gasteiger partial charge in [0, 0.05) is 12.7 Å². The molecule has 0 saturated carbocycles. The first-order valence-electron chi connectivity index (χ1n) is 5.65. The van der Waals surface area contributed by atoms with Crippen LogP contribution in [0.15, 0.2) is 16.2 Å². The van der Waals surface area contributed by atoms with Crippen molar-refractivity contribution in [3.8, 4) is 0 Å². The van der Waals surface area contributed by atoms with E-state index in [2.05, 4.69) is 27.1 Å². The van der Waals surface area contributed by atoms with Gasteiger partial charge in [0.1, 0.15) is 17.5 Å². The van der Waals surface area contributed by atoms with Crippen molar-refractivity contribution in [1.82, 2.24) is 24.7 Å². The summed E-state index contributed by atoms with van der Waals surface area (Å²) in [5.41, 5.74) is 1.01. The van der Waals surface area contributed by atoms with Crippen LogP contribution in [-0.4, -0.2) is 29.8 Å². The van der Waals surface area contributed by atoms with Crippen molar-refractivity contribution >= 4 is 11.8 Å². The molecule has 2 aromatic rings. The van der Waals surface area contributed by atoms with Crippen LogP contribution in [0.2, 0.25) is 0 Å². The molecule has 7 heteroatoms. The van der Waals surface area contributed by atoms with Gasteiger partial charge >= 0.3 is 0 Å². The van der Waals surface area contributed by atoms with Crippen LogP contribution >= 0.6 is 11.8 Å². The van der Waals surface area contributed by atoms with E-state index in [1.54, 1.807) is 4.57 Å². The van der Waals surface area contributed by atoms with E-state index in [-0.39, 0.29) is 6.61 Å². The molecule has 0 aliphatic rings. The second-order valence-electron chi connectivity index (χ2n) is 3.82. The SMILES string of the molecule is CCc1cc(Sc2nnc(CO)n2C)nc(C)n1. The third-order valence-corrected chi connectivity index (χ3v) is 3.45. The van der Waals surface area contributed by atoms with Crippen LogP contribution in [0.4, 0.5) is 0 Å². The summed E-state index contributed by atoms with van der Waals surface area (Å²) in [4.78, 5) is 8.69. The molecule has 0 amide bonds. The summed E-state index contributed by atoms with van der Waals surface area (Å²) in [7, 11) is 1.82. The molecule has 1 N–H and O–H groups in total. The van der Waals surface area contributed by atoms with E-state index in [0.717, 1.165) is 23.0 Å². The van der Waals surface area contributed by atoms with Gasteiger partial charge in [-0.1, -0.05) is 6.92 Å². The minimum absolute atomic E-state index is 0.118. The van der Waals surface area contributed by atoms with Gasteiger partial charge in [0.25, 0.3) is 0 Å². The van der Waals surface area contributed by atoms with E-state index in [9.17, 15) is 0 Å². The number of hydrogen-bond donors (Lipinski definition) is 1. The Morgan fingerprint density at radius 1 is 1.33 bits per heavy atom. The average Bonchev–Trinajstić information content (AvgIpc) is 2.70. The summed E-state index contributed by atoms with van der Waals surface area (Å²) in [5, 5.41) is 18.5. The molecular formula is C11H15N5OS. The number of aliphatic hydroxyl groups is 1. The van der Waals surface area contributed by atoms with E-state index >= 15 is 0 Å². The Bertz CT molecular complexity index is 554. The highest BCUT2D eigenvalue weighted by molar-refractivity contribution is 7.99. The summed E-state index contributed by atoms with van der Waals surface area (Å²) < 4.78 is 1.76. The topological polar surface area (TPSA) is 76.7 Å². The van der Waals surface area contributed by atoms with Crippen LogP contribution in [0, 0.1) is 6.92 Å². The van der Waals surface area contributed by atoms with Gasteiger partial charge in [-0.2, -0.15) is 0 Å². The molecule has 0 aliphatic heterocycles. The van der Waals surface area contributed by atoms with E-state index < -0.39 is 0 Å². The van der Waals surface area contributed by atoms with E-state index in [1.807, 2.05) is 20.0 Å². The highest BCUT2D eigenvalue weighted by Gasteiger charge is 2.11. The number of aliphatic hydroxyl groups excluding tert-OH is 1. The molecule has 0 fully saturated rings. The highest BCUT2D eigenvalue weighted by Crippen LogP contribution is 2.24. The van der Waals surface area contributed by atoms with E-state index in [0.29, 0.717) is 11.0 Å². The molecule has 0 unspecified atom stereocenters. The number of aryl methyl sites for hydroxylation is 2. The average molecular weight is 265 g/mol. The molecule has 2 rings (SSSR count). The Hall–Kier alpha value is -1.47. The third kappa shape index (κ3) is 2.68. The van der Waals surface area contributed by atoms with Gasteiger partial charge in [-0.25, -0.2) is 9.97 Å². The molecule has 2 aromatic heterocycles. The van der Waals surface area contributed by atoms with Crippen molar-refractivity contribution in [2.45, 2.75) is 37.1 Å². The zero-order chi connectivity index (χ0) is 13.1. The summed E-state index contributed by atoms with van der Waals surface area (Å²) in [6.07, 6.45) is 0.873. The maximum absolute atomic E-state index is 9.07. The Labute approximate surface area is 109 Å². The number of hydrogen-bond acceptors (Lipinski definition) is 6. The van der Waals surface area contributed by atoms with Gasteiger partial charge in [0.05, 0.1) is 0 Å². The molecule has 0 atom stereocenters. The highest BCUT2D eigenvalue weighted by atomic mass is 32.2. The fraction of sp³-hybridized carbons (Fsp3) is 0.455. The zero-order valence-corrected chi connectivity index (χ0v) is 11.4. The van der Waals surface area contributed by atoms with Crippen molar-refractivity contribution in [2.75, 3.05) is 0 Å². The molecule has 0 aromatic carbocycles. The van der Waals surface area contributed by atoms with Crippen LogP contribution < -0.4 is 0 Å². The minimum Gasteiger partial charge on any atom is -0.388 e. The van der Waals surface area contributed by atoms with Crippen LogP contribution in [0.5, 0.6) is 0 Å². The zero-order valence-electron chi connectivity index (χ0n) is 10.6. The Kier molecular flexibility index (Phi) is 3.93. The first kappa shape index (κ1) is 13.0. The summed E-state index contributed by atoms with van der Waals surface area (Å²) >= 11 is 1.42. The Morgan fingerprint density at radius 3 is 2.72 bits per heavy atom. The van der Waals surface area contributed by atoms with Crippen LogP contribution in [-0.2, 0) is 20.1 Å².